The predicted octanol–water partition coefficient (Wildman–Crippen LogP) is 3.88. The summed E-state index contributed by atoms with van der Waals surface area (Å²) in [5.41, 5.74) is 0.472. The van der Waals surface area contributed by atoms with Gasteiger partial charge in [0.15, 0.2) is 11.9 Å². The van der Waals surface area contributed by atoms with Crippen LogP contribution in [0.2, 0.25) is 0 Å². The van der Waals surface area contributed by atoms with Crippen LogP contribution in [0.3, 0.4) is 0 Å². The second kappa shape index (κ2) is 9.81. The van der Waals surface area contributed by atoms with E-state index in [4.69, 9.17) is 24.0 Å². The number of hydrogen-bond donors (Lipinski definition) is 1. The molecule has 192 valence electrons. The number of carbonyl (C=O) groups is 2. The van der Waals surface area contributed by atoms with Crippen molar-refractivity contribution < 1.29 is 33.6 Å². The summed E-state index contributed by atoms with van der Waals surface area (Å²) in [4.78, 5) is 36.8. The molecule has 35 heavy (non-hydrogen) atoms. The fourth-order valence-electron chi connectivity index (χ4n) is 6.49. The zero-order chi connectivity index (χ0) is 24.6. The van der Waals surface area contributed by atoms with Crippen molar-refractivity contribution in [2.24, 2.45) is 23.7 Å². The topological polar surface area (TPSA) is 92.3 Å². The Labute approximate surface area is 206 Å². The van der Waals surface area contributed by atoms with Crippen LogP contribution < -0.4 is 5.32 Å². The van der Waals surface area contributed by atoms with E-state index in [-0.39, 0.29) is 36.5 Å². The molecule has 8 nitrogen and oxygen atoms in total. The Hall–Kier alpha value is -2.00. The van der Waals surface area contributed by atoms with Crippen LogP contribution in [0.25, 0.3) is 0 Å². The molecule has 1 amide bonds. The molecule has 4 saturated heterocycles. The van der Waals surface area contributed by atoms with E-state index in [0.29, 0.717) is 12.5 Å². The van der Waals surface area contributed by atoms with Gasteiger partial charge in [-0.3, -0.25) is 9.59 Å². The van der Waals surface area contributed by atoms with Crippen LogP contribution in [0.5, 0.6) is 0 Å². The van der Waals surface area contributed by atoms with E-state index in [9.17, 15) is 9.59 Å². The Morgan fingerprint density at radius 2 is 1.86 bits per heavy atom. The van der Waals surface area contributed by atoms with Gasteiger partial charge in [0, 0.05) is 31.2 Å². The number of hydrogen-bond acceptors (Lipinski definition) is 7. The summed E-state index contributed by atoms with van der Waals surface area (Å²) in [6, 6.07) is 9.96. The molecule has 0 radical (unpaired) electrons. The summed E-state index contributed by atoms with van der Waals surface area (Å²) >= 11 is 0. The van der Waals surface area contributed by atoms with Crippen molar-refractivity contribution in [1.82, 2.24) is 5.32 Å². The maximum absolute atomic E-state index is 12.7. The van der Waals surface area contributed by atoms with Gasteiger partial charge in [-0.25, -0.2) is 9.78 Å². The number of amides is 1. The van der Waals surface area contributed by atoms with E-state index in [0.717, 1.165) is 37.7 Å². The number of nitrogens with one attached hydrogen (secondary N) is 1. The molecule has 6 rings (SSSR count). The first-order chi connectivity index (χ1) is 16.8. The first kappa shape index (κ1) is 24.7. The Balaban J connectivity index is 1.16. The van der Waals surface area contributed by atoms with Crippen molar-refractivity contribution in [3.63, 3.8) is 0 Å². The molecule has 0 unspecified atom stereocenters. The highest BCUT2D eigenvalue weighted by Gasteiger charge is 2.69. The second-order valence-electron chi connectivity index (χ2n) is 10.8. The summed E-state index contributed by atoms with van der Waals surface area (Å²) in [5, 5.41) is 2.87. The summed E-state index contributed by atoms with van der Waals surface area (Å²) < 4.78 is 18.3. The molecule has 1 N–H and O–H groups in total. The fraction of sp³-hybridized carbons (Fsp3) is 0.704. The van der Waals surface area contributed by atoms with Crippen LogP contribution in [0.4, 0.5) is 0 Å². The van der Waals surface area contributed by atoms with Crippen molar-refractivity contribution in [2.75, 3.05) is 6.54 Å². The zero-order valence-electron chi connectivity index (χ0n) is 20.9. The van der Waals surface area contributed by atoms with Crippen LogP contribution in [-0.2, 0) is 40.0 Å². The number of benzene rings is 1. The van der Waals surface area contributed by atoms with Crippen LogP contribution in [0, 0.1) is 23.7 Å². The van der Waals surface area contributed by atoms with Gasteiger partial charge in [0.25, 0.3) is 0 Å². The lowest BCUT2D eigenvalue weighted by Crippen LogP contribution is -2.70. The van der Waals surface area contributed by atoms with E-state index in [1.54, 1.807) is 0 Å². The third kappa shape index (κ3) is 4.73. The van der Waals surface area contributed by atoms with Crippen LogP contribution in [0.1, 0.15) is 64.9 Å². The van der Waals surface area contributed by atoms with Gasteiger partial charge in [-0.15, -0.1) is 0 Å². The molecule has 5 fully saturated rings. The van der Waals surface area contributed by atoms with Crippen LogP contribution >= 0.6 is 0 Å². The molecule has 5 aliphatic rings. The van der Waals surface area contributed by atoms with E-state index in [1.165, 1.54) is 0 Å². The van der Waals surface area contributed by atoms with Gasteiger partial charge < -0.3 is 19.5 Å². The third-order valence-electron chi connectivity index (χ3n) is 8.48. The van der Waals surface area contributed by atoms with Gasteiger partial charge in [0.05, 0.1) is 6.42 Å². The predicted molar refractivity (Wildman–Crippen MR) is 125 cm³/mol. The first-order valence-corrected chi connectivity index (χ1v) is 13.0. The summed E-state index contributed by atoms with van der Waals surface area (Å²) in [6.45, 7) is 6.71. The largest absolute Gasteiger partial charge is 0.435 e. The Bertz CT molecular complexity index is 925. The molecule has 1 aromatic rings. The molecule has 0 aromatic heterocycles. The smallest absolute Gasteiger partial charge is 0.308 e. The van der Waals surface area contributed by atoms with E-state index in [1.807, 2.05) is 44.2 Å². The Morgan fingerprint density at radius 1 is 1.06 bits per heavy atom. The summed E-state index contributed by atoms with van der Waals surface area (Å²) in [6.07, 6.45) is 3.12. The van der Waals surface area contributed by atoms with Gasteiger partial charge in [-0.2, -0.15) is 0 Å². The maximum Gasteiger partial charge on any atom is 0.308 e. The average molecular weight is 488 g/mol. The van der Waals surface area contributed by atoms with Crippen LogP contribution in [-0.4, -0.2) is 42.4 Å². The van der Waals surface area contributed by atoms with Gasteiger partial charge in [-0.1, -0.05) is 44.2 Å². The van der Waals surface area contributed by atoms with E-state index < -0.39 is 29.9 Å². The van der Waals surface area contributed by atoms with Crippen molar-refractivity contribution >= 4 is 11.9 Å². The van der Waals surface area contributed by atoms with Gasteiger partial charge in [0.1, 0.15) is 0 Å². The number of rotatable bonds is 7. The lowest BCUT2D eigenvalue weighted by Gasteiger charge is -2.59. The van der Waals surface area contributed by atoms with Gasteiger partial charge >= 0.3 is 5.97 Å². The monoisotopic (exact) mass is 487 g/mol. The molecule has 2 bridgehead atoms. The highest BCUT2D eigenvalue weighted by atomic mass is 17.3. The molecule has 8 atom stereocenters. The quantitative estimate of drug-likeness (QED) is 0.461. The van der Waals surface area contributed by atoms with Crippen molar-refractivity contribution in [3.05, 3.63) is 35.9 Å². The number of carbonyl (C=O) groups excluding carboxylic acids is 2. The highest BCUT2D eigenvalue weighted by Crippen LogP contribution is 2.60. The summed E-state index contributed by atoms with van der Waals surface area (Å²) in [7, 11) is 0. The lowest BCUT2D eigenvalue weighted by atomic mass is 9.58. The van der Waals surface area contributed by atoms with Crippen molar-refractivity contribution in [3.8, 4) is 0 Å². The van der Waals surface area contributed by atoms with Gasteiger partial charge in [0.2, 0.25) is 18.0 Å². The minimum atomic E-state index is -0.871. The molecule has 4 aliphatic heterocycles. The van der Waals surface area contributed by atoms with Crippen LogP contribution in [0.15, 0.2) is 30.3 Å². The van der Waals surface area contributed by atoms with Gasteiger partial charge in [-0.05, 0) is 50.0 Å². The van der Waals surface area contributed by atoms with E-state index >= 15 is 0 Å². The maximum atomic E-state index is 12.7. The number of fused-ring (bicyclic) bond motifs is 2. The Kier molecular flexibility index (Phi) is 6.92. The second-order valence-corrected chi connectivity index (χ2v) is 10.8. The average Bonchev–Trinajstić information content (AvgIpc) is 3.07. The highest BCUT2D eigenvalue weighted by molar-refractivity contribution is 5.81. The normalized spacial score (nSPS) is 39.9. The van der Waals surface area contributed by atoms with Crippen molar-refractivity contribution in [1.29, 1.82) is 0 Å². The first-order valence-electron chi connectivity index (χ1n) is 13.0. The molecule has 1 aromatic carbocycles. The molecule has 8 heteroatoms. The lowest BCUT2D eigenvalue weighted by molar-refractivity contribution is -0.576. The number of esters is 1. The molecule has 4 heterocycles. The van der Waals surface area contributed by atoms with E-state index in [2.05, 4.69) is 12.2 Å². The minimum absolute atomic E-state index is 0.00205. The third-order valence-corrected chi connectivity index (χ3v) is 8.48. The molecule has 1 aliphatic carbocycles. The van der Waals surface area contributed by atoms with Crippen molar-refractivity contribution in [2.45, 2.75) is 89.7 Å². The molecule has 1 saturated carbocycles. The molecular formula is C27H37NO7. The number of ether oxygens (including phenoxy) is 3. The Morgan fingerprint density at radius 3 is 2.66 bits per heavy atom. The zero-order valence-corrected chi connectivity index (χ0v) is 20.9. The minimum Gasteiger partial charge on any atom is -0.435 e. The standard InChI is InChI=1S/C27H37NO7/c1-17-9-10-21-18(2)24(32-25-27(21)20(17)13-15-26(3,33-25)34-35-27)31-23(30)12-11-22(29)28-16-14-19-7-5-4-6-8-19/h4-8,17-18,20-21,24-25H,9-16H2,1-3H3,(H,28,29)/t17-,18-,20+,21+,24-,25-,26-,27+/m1/s1. The summed E-state index contributed by atoms with van der Waals surface area (Å²) in [5.74, 6) is -0.750. The molecular weight excluding hydrogens is 450 g/mol. The molecule has 1 spiro atoms. The SMILES string of the molecule is C[C@H]1[C@H](OC(=O)CCC(=O)NCCc2ccccc2)O[C@@H]2O[C@@]3(C)CC[C@H]4[C@H](C)CC[C@@H]1[C@]24OO3. The fourth-order valence-corrected chi connectivity index (χ4v) is 6.49.